The zero-order valence-electron chi connectivity index (χ0n) is 6.65. The molecule has 2 heteroatoms. The molecule has 0 saturated carbocycles. The molecule has 0 atom stereocenters. The lowest BCUT2D eigenvalue weighted by Gasteiger charge is -1.96. The molecule has 0 fully saturated rings. The van der Waals surface area contributed by atoms with Gasteiger partial charge < -0.3 is 4.74 Å². The first-order valence-electron chi connectivity index (χ1n) is 4.16. The molecule has 0 spiro atoms. The highest BCUT2D eigenvalue weighted by molar-refractivity contribution is 5.69. The van der Waals surface area contributed by atoms with E-state index in [-0.39, 0.29) is 0 Å². The summed E-state index contributed by atoms with van der Waals surface area (Å²) < 4.78 is 5.37. The first-order valence-corrected chi connectivity index (χ1v) is 4.16. The molecule has 0 amide bonds. The van der Waals surface area contributed by atoms with Crippen LogP contribution in [0.15, 0.2) is 0 Å². The normalized spacial score (nSPS) is 19.5. The Bertz CT molecular complexity index is 120. The average molecular weight is 142 g/mol. The summed E-state index contributed by atoms with van der Waals surface area (Å²) in [7, 11) is 0. The van der Waals surface area contributed by atoms with Crippen LogP contribution in [0, 0.1) is 0 Å². The molecule has 2 nitrogen and oxygen atoms in total. The smallest absolute Gasteiger partial charge is 0.334 e. The molecule has 0 aliphatic carbocycles. The van der Waals surface area contributed by atoms with Gasteiger partial charge in [0.1, 0.15) is 6.54 Å². The molecule has 1 heterocycles. The fourth-order valence-corrected chi connectivity index (χ4v) is 1.20. The van der Waals surface area contributed by atoms with Crippen molar-refractivity contribution in [1.82, 2.24) is 0 Å². The van der Waals surface area contributed by atoms with Crippen molar-refractivity contribution >= 4 is 5.90 Å². The summed E-state index contributed by atoms with van der Waals surface area (Å²) in [6, 6.07) is 0. The van der Waals surface area contributed by atoms with Crippen molar-refractivity contribution in [2.75, 3.05) is 13.2 Å². The summed E-state index contributed by atoms with van der Waals surface area (Å²) in [6.07, 6.45) is 5.01. The molecule has 10 heavy (non-hydrogen) atoms. The average Bonchev–Trinajstić information content (AvgIpc) is 2.17. The molecule has 58 valence electrons. The van der Waals surface area contributed by atoms with Crippen LogP contribution in [0.3, 0.4) is 0 Å². The van der Waals surface area contributed by atoms with Gasteiger partial charge in [-0.3, -0.25) is 0 Å². The Morgan fingerprint density at radius 3 is 3.10 bits per heavy atom. The molecule has 0 bridgehead atoms. The quantitative estimate of drug-likeness (QED) is 0.550. The van der Waals surface area contributed by atoms with Gasteiger partial charge >= 0.3 is 5.90 Å². The van der Waals surface area contributed by atoms with E-state index in [1.54, 1.807) is 0 Å². The van der Waals surface area contributed by atoms with Crippen molar-refractivity contribution in [2.24, 2.45) is 0 Å². The SMILES string of the molecule is CCOC1=[NH+]CCCCC1. The highest BCUT2D eigenvalue weighted by atomic mass is 16.5. The largest absolute Gasteiger partial charge is 0.448 e. The Morgan fingerprint density at radius 1 is 1.40 bits per heavy atom. The first kappa shape index (κ1) is 7.58. The van der Waals surface area contributed by atoms with E-state index in [1.807, 2.05) is 6.92 Å². The van der Waals surface area contributed by atoms with Crippen LogP contribution in [-0.4, -0.2) is 19.0 Å². The van der Waals surface area contributed by atoms with E-state index in [0.29, 0.717) is 0 Å². The van der Waals surface area contributed by atoms with E-state index in [0.717, 1.165) is 25.5 Å². The number of nitrogens with one attached hydrogen (secondary N) is 1. The molecule has 0 aromatic heterocycles. The topological polar surface area (TPSA) is 23.2 Å². The summed E-state index contributed by atoms with van der Waals surface area (Å²) in [5, 5.41) is 0. The minimum Gasteiger partial charge on any atom is -0.448 e. The maximum atomic E-state index is 5.37. The third-order valence-electron chi connectivity index (χ3n) is 1.72. The van der Waals surface area contributed by atoms with Crippen LogP contribution in [-0.2, 0) is 4.74 Å². The molecule has 0 aromatic carbocycles. The van der Waals surface area contributed by atoms with Gasteiger partial charge in [-0.1, -0.05) is 0 Å². The van der Waals surface area contributed by atoms with E-state index in [4.69, 9.17) is 4.74 Å². The van der Waals surface area contributed by atoms with Crippen molar-refractivity contribution in [3.05, 3.63) is 0 Å². The molecule has 0 aromatic rings. The molecule has 1 aliphatic rings. The van der Waals surface area contributed by atoms with Gasteiger partial charge in [-0.2, -0.15) is 0 Å². The van der Waals surface area contributed by atoms with Gasteiger partial charge in [-0.25, -0.2) is 4.99 Å². The van der Waals surface area contributed by atoms with Crippen LogP contribution in [0.4, 0.5) is 0 Å². The molecular formula is C8H16NO+. The number of hydrogen-bond donors (Lipinski definition) is 1. The number of rotatable bonds is 1. The van der Waals surface area contributed by atoms with E-state index in [9.17, 15) is 0 Å². The summed E-state index contributed by atoms with van der Waals surface area (Å²) in [5.74, 6) is 1.10. The van der Waals surface area contributed by atoms with E-state index < -0.39 is 0 Å². The number of ether oxygens (including phenoxy) is 1. The molecule has 1 N–H and O–H groups in total. The molecule has 0 unspecified atom stereocenters. The van der Waals surface area contributed by atoms with Gasteiger partial charge in [0, 0.05) is 6.42 Å². The lowest BCUT2D eigenvalue weighted by Crippen LogP contribution is -2.73. The molecule has 0 radical (unpaired) electrons. The minimum absolute atomic E-state index is 0.794. The Morgan fingerprint density at radius 2 is 2.30 bits per heavy atom. The standard InChI is InChI=1S/C8H15NO/c1-2-10-8-6-4-3-5-7-9-8/h2-7H2,1H3/p+1. The van der Waals surface area contributed by atoms with E-state index >= 15 is 0 Å². The zero-order chi connectivity index (χ0) is 7.23. The maximum absolute atomic E-state index is 5.37. The molecular weight excluding hydrogens is 126 g/mol. The van der Waals surface area contributed by atoms with Crippen molar-refractivity contribution in [3.63, 3.8) is 0 Å². The second-order valence-corrected chi connectivity index (χ2v) is 2.59. The predicted octanol–water partition coefficient (Wildman–Crippen LogP) is 0.0760. The molecule has 1 rings (SSSR count). The van der Waals surface area contributed by atoms with Gasteiger partial charge in [-0.15, -0.1) is 0 Å². The van der Waals surface area contributed by atoms with Crippen molar-refractivity contribution < 1.29 is 9.73 Å². The van der Waals surface area contributed by atoms with E-state index in [2.05, 4.69) is 4.99 Å². The summed E-state index contributed by atoms with van der Waals surface area (Å²) in [4.78, 5) is 3.28. The van der Waals surface area contributed by atoms with Gasteiger partial charge in [0.15, 0.2) is 0 Å². The Kier molecular flexibility index (Phi) is 3.27. The van der Waals surface area contributed by atoms with Crippen molar-refractivity contribution in [2.45, 2.75) is 32.6 Å². The third kappa shape index (κ3) is 2.38. The van der Waals surface area contributed by atoms with Gasteiger partial charge in [-0.05, 0) is 19.8 Å². The summed E-state index contributed by atoms with van der Waals surface area (Å²) in [5.41, 5.74) is 0. The van der Waals surface area contributed by atoms with Gasteiger partial charge in [0.2, 0.25) is 0 Å². The fraction of sp³-hybridized carbons (Fsp3) is 0.875. The van der Waals surface area contributed by atoms with Crippen molar-refractivity contribution in [1.29, 1.82) is 0 Å². The highest BCUT2D eigenvalue weighted by Gasteiger charge is 2.09. The van der Waals surface area contributed by atoms with Crippen LogP contribution < -0.4 is 4.99 Å². The lowest BCUT2D eigenvalue weighted by molar-refractivity contribution is -0.468. The maximum Gasteiger partial charge on any atom is 0.334 e. The zero-order valence-corrected chi connectivity index (χ0v) is 6.65. The highest BCUT2D eigenvalue weighted by Crippen LogP contribution is 2.00. The minimum atomic E-state index is 0.794. The van der Waals surface area contributed by atoms with Gasteiger partial charge in [0.25, 0.3) is 0 Å². The molecule has 1 aliphatic heterocycles. The van der Waals surface area contributed by atoms with Crippen molar-refractivity contribution in [3.8, 4) is 0 Å². The fourth-order valence-electron chi connectivity index (χ4n) is 1.20. The van der Waals surface area contributed by atoms with Crippen LogP contribution in [0.2, 0.25) is 0 Å². The van der Waals surface area contributed by atoms with E-state index in [1.165, 1.54) is 19.3 Å². The van der Waals surface area contributed by atoms with Crippen LogP contribution in [0.5, 0.6) is 0 Å². The number of hydrogen-bond acceptors (Lipinski definition) is 1. The second kappa shape index (κ2) is 4.31. The Balaban J connectivity index is 2.31. The van der Waals surface area contributed by atoms with Crippen LogP contribution >= 0.6 is 0 Å². The summed E-state index contributed by atoms with van der Waals surface area (Å²) in [6.45, 7) is 3.91. The predicted molar refractivity (Wildman–Crippen MR) is 40.9 cm³/mol. The lowest BCUT2D eigenvalue weighted by atomic mass is 10.2. The third-order valence-corrected chi connectivity index (χ3v) is 1.72. The van der Waals surface area contributed by atoms with Gasteiger partial charge in [0.05, 0.1) is 13.0 Å². The first-order chi connectivity index (χ1) is 4.93. The monoisotopic (exact) mass is 142 g/mol. The second-order valence-electron chi connectivity index (χ2n) is 2.59. The summed E-state index contributed by atoms with van der Waals surface area (Å²) >= 11 is 0. The Hall–Kier alpha value is -0.530. The van der Waals surface area contributed by atoms with Crippen LogP contribution in [0.1, 0.15) is 32.6 Å². The molecule has 0 saturated heterocycles. The van der Waals surface area contributed by atoms with Crippen LogP contribution in [0.25, 0.3) is 0 Å². The Labute approximate surface area is 62.3 Å².